The molecule has 1 aromatic heterocycles. The van der Waals surface area contributed by atoms with Crippen molar-refractivity contribution in [3.05, 3.63) is 24.0 Å². The molecule has 0 bridgehead atoms. The van der Waals surface area contributed by atoms with E-state index in [1.54, 1.807) is 10.8 Å². The number of hydrogen-bond acceptors (Lipinski definition) is 3. The molecule has 0 unspecified atom stereocenters. The molecule has 0 aliphatic heterocycles. The summed E-state index contributed by atoms with van der Waals surface area (Å²) in [6.45, 7) is 1.23. The minimum atomic E-state index is -1.13. The molecule has 5 nitrogen and oxygen atoms in total. The first-order valence-corrected chi connectivity index (χ1v) is 4.30. The van der Waals surface area contributed by atoms with Crippen LogP contribution in [0.1, 0.15) is 16.8 Å². The van der Waals surface area contributed by atoms with Crippen LogP contribution in [0.3, 0.4) is 0 Å². The highest BCUT2D eigenvalue weighted by atomic mass is 79.9. The number of nitrogens with two attached hydrogens (primary N) is 1. The van der Waals surface area contributed by atoms with Crippen molar-refractivity contribution in [1.82, 2.24) is 0 Å². The zero-order chi connectivity index (χ0) is 10.6. The number of aromatic nitrogens is 1. The predicted molar refractivity (Wildman–Crippen MR) is 48.9 cm³/mol. The van der Waals surface area contributed by atoms with Crippen LogP contribution in [-0.4, -0.2) is 22.7 Å². The lowest BCUT2D eigenvalue weighted by Crippen LogP contribution is -3.00. The van der Waals surface area contributed by atoms with E-state index in [0.29, 0.717) is 13.1 Å². The highest BCUT2D eigenvalue weighted by molar-refractivity contribution is 5.90. The number of halogens is 1. The third-order valence-corrected chi connectivity index (χ3v) is 1.85. The summed E-state index contributed by atoms with van der Waals surface area (Å²) in [5, 5.41) is 18.0. The van der Waals surface area contributed by atoms with Gasteiger partial charge in [-0.25, -0.2) is 9.36 Å². The Hall–Kier alpha value is -1.14. The van der Waals surface area contributed by atoms with Gasteiger partial charge < -0.3 is 32.9 Å². The third kappa shape index (κ3) is 3.85. The number of hydrogen-bond donors (Lipinski definition) is 3. The molecule has 0 atom stereocenters. The molecule has 0 aliphatic rings. The van der Waals surface area contributed by atoms with Crippen LogP contribution in [-0.2, 0) is 6.54 Å². The molecular formula is C9H13BrN2O3. The SMILES string of the molecule is NCCC[n+]1ccc(C(=O)O)c(O)c1.[Br-]. The van der Waals surface area contributed by atoms with E-state index < -0.39 is 5.97 Å². The number of rotatable bonds is 4. The first kappa shape index (κ1) is 13.9. The molecule has 1 aromatic rings. The molecule has 0 aliphatic carbocycles. The Morgan fingerprint density at radius 2 is 2.20 bits per heavy atom. The Morgan fingerprint density at radius 3 is 2.67 bits per heavy atom. The molecule has 0 spiro atoms. The molecule has 1 heterocycles. The summed E-state index contributed by atoms with van der Waals surface area (Å²) in [6.07, 6.45) is 3.79. The Bertz CT molecular complexity index is 344. The van der Waals surface area contributed by atoms with Crippen molar-refractivity contribution in [2.45, 2.75) is 13.0 Å². The summed E-state index contributed by atoms with van der Waals surface area (Å²) >= 11 is 0. The van der Waals surface area contributed by atoms with Crippen molar-refractivity contribution in [2.75, 3.05) is 6.54 Å². The number of carboxylic acids is 1. The lowest BCUT2D eigenvalue weighted by Gasteiger charge is -1.98. The summed E-state index contributed by atoms with van der Waals surface area (Å²) in [5.41, 5.74) is 5.23. The summed E-state index contributed by atoms with van der Waals surface area (Å²) in [5.74, 6) is -1.36. The Kier molecular flexibility index (Phi) is 5.88. The minimum absolute atomic E-state index is 0. The maximum atomic E-state index is 10.6. The molecule has 6 heteroatoms. The molecule has 0 saturated heterocycles. The number of pyridine rings is 1. The molecule has 0 amide bonds. The van der Waals surface area contributed by atoms with Crippen LogP contribution in [0.25, 0.3) is 0 Å². The zero-order valence-electron chi connectivity index (χ0n) is 8.06. The third-order valence-electron chi connectivity index (χ3n) is 1.85. The fourth-order valence-corrected chi connectivity index (χ4v) is 1.12. The number of carboxylic acid groups (broad SMARTS) is 1. The van der Waals surface area contributed by atoms with Crippen LogP contribution in [0.4, 0.5) is 0 Å². The monoisotopic (exact) mass is 276 g/mol. The first-order valence-electron chi connectivity index (χ1n) is 4.30. The van der Waals surface area contributed by atoms with Crippen molar-refractivity contribution in [1.29, 1.82) is 0 Å². The quantitative estimate of drug-likeness (QED) is 0.504. The van der Waals surface area contributed by atoms with Gasteiger partial charge in [-0.1, -0.05) is 0 Å². The Morgan fingerprint density at radius 1 is 1.53 bits per heavy atom. The van der Waals surface area contributed by atoms with E-state index in [9.17, 15) is 9.90 Å². The van der Waals surface area contributed by atoms with E-state index in [1.165, 1.54) is 12.3 Å². The maximum absolute atomic E-state index is 10.6. The molecule has 0 aromatic carbocycles. The summed E-state index contributed by atoms with van der Waals surface area (Å²) in [7, 11) is 0. The average Bonchev–Trinajstić information content (AvgIpc) is 2.14. The average molecular weight is 277 g/mol. The normalized spacial score (nSPS) is 9.40. The van der Waals surface area contributed by atoms with Crippen LogP contribution in [0.2, 0.25) is 0 Å². The zero-order valence-corrected chi connectivity index (χ0v) is 9.64. The van der Waals surface area contributed by atoms with Crippen molar-refractivity contribution < 1.29 is 36.6 Å². The first-order chi connectivity index (χ1) is 6.65. The van der Waals surface area contributed by atoms with Gasteiger partial charge in [-0.15, -0.1) is 0 Å². The van der Waals surface area contributed by atoms with Crippen molar-refractivity contribution in [3.63, 3.8) is 0 Å². The molecular weight excluding hydrogens is 264 g/mol. The Balaban J connectivity index is 0.00000196. The summed E-state index contributed by atoms with van der Waals surface area (Å²) in [6, 6.07) is 1.37. The minimum Gasteiger partial charge on any atom is -1.00 e. The van der Waals surface area contributed by atoms with E-state index in [2.05, 4.69) is 0 Å². The highest BCUT2D eigenvalue weighted by Crippen LogP contribution is 2.12. The predicted octanol–water partition coefficient (Wildman–Crippen LogP) is -3.27. The van der Waals surface area contributed by atoms with E-state index >= 15 is 0 Å². The Labute approximate surface area is 97.9 Å². The number of aromatic carboxylic acids is 1. The summed E-state index contributed by atoms with van der Waals surface area (Å²) < 4.78 is 1.70. The second-order valence-corrected chi connectivity index (χ2v) is 2.93. The molecule has 0 saturated carbocycles. The maximum Gasteiger partial charge on any atom is 0.339 e. The van der Waals surface area contributed by atoms with Crippen LogP contribution < -0.4 is 27.3 Å². The molecule has 0 radical (unpaired) electrons. The largest absolute Gasteiger partial charge is 1.00 e. The number of carbonyl (C=O) groups is 1. The van der Waals surface area contributed by atoms with Gasteiger partial charge in [-0.2, -0.15) is 0 Å². The van der Waals surface area contributed by atoms with Gasteiger partial charge >= 0.3 is 5.97 Å². The van der Waals surface area contributed by atoms with Gasteiger partial charge in [0.25, 0.3) is 0 Å². The molecule has 0 fully saturated rings. The standard InChI is InChI=1S/C9H12N2O3.BrH/c10-3-1-4-11-5-2-7(9(13)14)8(12)6-11;/h2,5-6H,1,3-4,10H2,(H-,12,13,14);1H. The van der Waals surface area contributed by atoms with E-state index in [4.69, 9.17) is 10.8 Å². The van der Waals surface area contributed by atoms with Crippen LogP contribution in [0.15, 0.2) is 18.5 Å². The smallest absolute Gasteiger partial charge is 0.339 e. The van der Waals surface area contributed by atoms with Gasteiger partial charge in [0, 0.05) is 12.5 Å². The lowest BCUT2D eigenvalue weighted by molar-refractivity contribution is -0.697. The topological polar surface area (TPSA) is 87.4 Å². The molecule has 4 N–H and O–H groups in total. The highest BCUT2D eigenvalue weighted by Gasteiger charge is 2.13. The van der Waals surface area contributed by atoms with Crippen molar-refractivity contribution in [3.8, 4) is 5.75 Å². The van der Waals surface area contributed by atoms with Crippen LogP contribution in [0, 0.1) is 0 Å². The second kappa shape index (κ2) is 6.36. The number of nitrogens with zero attached hydrogens (tertiary/aromatic N) is 1. The van der Waals surface area contributed by atoms with Gasteiger partial charge in [-0.05, 0) is 6.54 Å². The van der Waals surface area contributed by atoms with E-state index in [1.807, 2.05) is 0 Å². The molecule has 84 valence electrons. The van der Waals surface area contributed by atoms with Crippen LogP contribution >= 0.6 is 0 Å². The van der Waals surface area contributed by atoms with Crippen molar-refractivity contribution >= 4 is 5.97 Å². The van der Waals surface area contributed by atoms with Gasteiger partial charge in [0.05, 0.1) is 0 Å². The van der Waals surface area contributed by atoms with Gasteiger partial charge in [0.15, 0.2) is 11.9 Å². The lowest BCUT2D eigenvalue weighted by atomic mass is 10.2. The van der Waals surface area contributed by atoms with Crippen molar-refractivity contribution in [2.24, 2.45) is 5.73 Å². The second-order valence-electron chi connectivity index (χ2n) is 2.93. The van der Waals surface area contributed by atoms with Gasteiger partial charge in [-0.3, -0.25) is 0 Å². The van der Waals surface area contributed by atoms with Crippen LogP contribution in [0.5, 0.6) is 5.75 Å². The van der Waals surface area contributed by atoms with Gasteiger partial charge in [0.2, 0.25) is 6.20 Å². The number of aryl methyl sites for hydroxylation is 1. The summed E-state index contributed by atoms with van der Waals surface area (Å²) in [4.78, 5) is 10.6. The van der Waals surface area contributed by atoms with E-state index in [-0.39, 0.29) is 28.3 Å². The molecule has 1 rings (SSSR count). The van der Waals surface area contributed by atoms with Gasteiger partial charge in [0.1, 0.15) is 12.1 Å². The fourth-order valence-electron chi connectivity index (χ4n) is 1.12. The van der Waals surface area contributed by atoms with E-state index in [0.717, 1.165) is 6.42 Å². The molecule has 15 heavy (non-hydrogen) atoms. The fraction of sp³-hybridized carbons (Fsp3) is 0.333. The number of aromatic hydroxyl groups is 1.